The number of rotatable bonds is 3. The Morgan fingerprint density at radius 2 is 1.79 bits per heavy atom. The van der Waals surface area contributed by atoms with Crippen LogP contribution >= 0.6 is 0 Å². The highest BCUT2D eigenvalue weighted by Gasteiger charge is 2.48. The second kappa shape index (κ2) is 6.02. The van der Waals surface area contributed by atoms with Gasteiger partial charge in [0.2, 0.25) is 0 Å². The number of nitrogens with one attached hydrogen (secondary N) is 1. The van der Waals surface area contributed by atoms with Gasteiger partial charge in [-0.3, -0.25) is 9.80 Å². The Hall–Kier alpha value is -0.260. The summed E-state index contributed by atoms with van der Waals surface area (Å²) in [5.41, 5.74) is 0. The molecule has 2 rings (SSSR count). The summed E-state index contributed by atoms with van der Waals surface area (Å²) in [4.78, 5) is 4.69. The van der Waals surface area contributed by atoms with Gasteiger partial charge in [0.15, 0.2) is 0 Å². The summed E-state index contributed by atoms with van der Waals surface area (Å²) in [6.45, 7) is 8.21. The van der Waals surface area contributed by atoms with Gasteiger partial charge in [0.05, 0.1) is 6.04 Å². The van der Waals surface area contributed by atoms with Crippen molar-refractivity contribution < 1.29 is 8.78 Å². The van der Waals surface area contributed by atoms with Crippen molar-refractivity contribution in [2.45, 2.75) is 57.2 Å². The Balaban J connectivity index is 1.98. The number of hydrogen-bond donors (Lipinski definition) is 1. The van der Waals surface area contributed by atoms with E-state index in [1.807, 2.05) is 0 Å². The first-order valence-corrected chi connectivity index (χ1v) is 7.49. The molecule has 1 saturated carbocycles. The van der Waals surface area contributed by atoms with E-state index in [-0.39, 0.29) is 12.5 Å². The Morgan fingerprint density at radius 1 is 1.16 bits per heavy atom. The quantitative estimate of drug-likeness (QED) is 0.847. The second-order valence-electron chi connectivity index (χ2n) is 6.15. The molecule has 19 heavy (non-hydrogen) atoms. The van der Waals surface area contributed by atoms with Crippen molar-refractivity contribution in [3.63, 3.8) is 0 Å². The normalized spacial score (nSPS) is 33.8. The molecule has 1 aliphatic heterocycles. The molecule has 1 N–H and O–H groups in total. The van der Waals surface area contributed by atoms with Crippen molar-refractivity contribution in [3.05, 3.63) is 0 Å². The number of hydrogen-bond acceptors (Lipinski definition) is 3. The van der Waals surface area contributed by atoms with Crippen LogP contribution in [0, 0.1) is 0 Å². The van der Waals surface area contributed by atoms with E-state index in [9.17, 15) is 8.78 Å². The molecule has 2 atom stereocenters. The van der Waals surface area contributed by atoms with Gasteiger partial charge in [0.1, 0.15) is 0 Å². The highest BCUT2D eigenvalue weighted by atomic mass is 19.3. The summed E-state index contributed by atoms with van der Waals surface area (Å²) in [6, 6.07) is -0.148. The lowest BCUT2D eigenvalue weighted by Crippen LogP contribution is -2.63. The number of nitrogens with zero attached hydrogens (tertiary/aromatic N) is 2. The zero-order valence-electron chi connectivity index (χ0n) is 12.3. The maximum absolute atomic E-state index is 14.0. The maximum Gasteiger partial charge on any atom is 0.264 e. The minimum atomic E-state index is -2.56. The third kappa shape index (κ3) is 3.26. The number of alkyl halides is 2. The Kier molecular flexibility index (Phi) is 4.79. The fourth-order valence-corrected chi connectivity index (χ4v) is 3.53. The zero-order valence-corrected chi connectivity index (χ0v) is 12.3. The average Bonchev–Trinajstić information content (AvgIpc) is 2.37. The van der Waals surface area contributed by atoms with E-state index in [0.29, 0.717) is 12.5 Å². The van der Waals surface area contributed by atoms with Crippen LogP contribution in [-0.4, -0.2) is 67.1 Å². The van der Waals surface area contributed by atoms with E-state index in [1.54, 1.807) is 7.05 Å². The lowest BCUT2D eigenvalue weighted by Gasteiger charge is -2.47. The largest absolute Gasteiger partial charge is 0.310 e. The van der Waals surface area contributed by atoms with Crippen LogP contribution in [0.2, 0.25) is 0 Å². The summed E-state index contributed by atoms with van der Waals surface area (Å²) >= 11 is 0. The third-order valence-electron chi connectivity index (χ3n) is 4.71. The standard InChI is InChI=1S/C14H27F2N3/c1-11(2)18-7-9-19(10-8-18)12-5-4-6-14(15,16)13(12)17-3/h11-13,17H,4-10H2,1-3H3/t12-,13+/m0/s1. The molecule has 1 aliphatic carbocycles. The number of piperazine rings is 1. The molecular weight excluding hydrogens is 248 g/mol. The SMILES string of the molecule is CN[C@@H]1[C@@H](N2CCN(C(C)C)CC2)CCCC1(F)F. The summed E-state index contributed by atoms with van der Waals surface area (Å²) in [5.74, 6) is -2.56. The molecule has 2 aliphatic rings. The average molecular weight is 275 g/mol. The number of likely N-dealkylation sites (N-methyl/N-ethyl adjacent to an activating group) is 1. The molecule has 3 nitrogen and oxygen atoms in total. The molecule has 0 aromatic rings. The van der Waals surface area contributed by atoms with E-state index in [1.165, 1.54) is 0 Å². The Labute approximate surface area is 115 Å². The molecule has 0 spiro atoms. The van der Waals surface area contributed by atoms with E-state index in [2.05, 4.69) is 29.0 Å². The van der Waals surface area contributed by atoms with Crippen LogP contribution in [0.5, 0.6) is 0 Å². The first-order chi connectivity index (χ1) is 8.95. The highest BCUT2D eigenvalue weighted by molar-refractivity contribution is 4.98. The van der Waals surface area contributed by atoms with E-state index in [4.69, 9.17) is 0 Å². The molecule has 5 heteroatoms. The lowest BCUT2D eigenvalue weighted by molar-refractivity contribution is -0.0980. The smallest absolute Gasteiger partial charge is 0.264 e. The molecule has 0 radical (unpaired) electrons. The van der Waals surface area contributed by atoms with E-state index < -0.39 is 12.0 Å². The molecular formula is C14H27F2N3. The van der Waals surface area contributed by atoms with Gasteiger partial charge in [-0.15, -0.1) is 0 Å². The fraction of sp³-hybridized carbons (Fsp3) is 1.00. The first-order valence-electron chi connectivity index (χ1n) is 7.49. The van der Waals surface area contributed by atoms with Crippen molar-refractivity contribution in [3.8, 4) is 0 Å². The predicted molar refractivity (Wildman–Crippen MR) is 73.7 cm³/mol. The molecule has 0 aromatic heterocycles. The maximum atomic E-state index is 14.0. The van der Waals surface area contributed by atoms with Crippen LogP contribution < -0.4 is 5.32 Å². The van der Waals surface area contributed by atoms with Gasteiger partial charge in [-0.05, 0) is 33.7 Å². The van der Waals surface area contributed by atoms with Crippen molar-refractivity contribution in [1.29, 1.82) is 0 Å². The topological polar surface area (TPSA) is 18.5 Å². The van der Waals surface area contributed by atoms with Crippen molar-refractivity contribution >= 4 is 0 Å². The number of halogens is 2. The molecule has 2 fully saturated rings. The van der Waals surface area contributed by atoms with Crippen LogP contribution in [0.25, 0.3) is 0 Å². The zero-order chi connectivity index (χ0) is 14.0. The van der Waals surface area contributed by atoms with Gasteiger partial charge in [-0.25, -0.2) is 8.78 Å². The summed E-state index contributed by atoms with van der Waals surface area (Å²) in [7, 11) is 1.67. The summed E-state index contributed by atoms with van der Waals surface area (Å²) in [5, 5.41) is 2.87. The minimum Gasteiger partial charge on any atom is -0.310 e. The predicted octanol–water partition coefficient (Wildman–Crippen LogP) is 1.79. The lowest BCUT2D eigenvalue weighted by atomic mass is 9.85. The van der Waals surface area contributed by atoms with Crippen molar-refractivity contribution in [2.24, 2.45) is 0 Å². The van der Waals surface area contributed by atoms with Gasteiger partial charge < -0.3 is 5.32 Å². The van der Waals surface area contributed by atoms with Gasteiger partial charge in [-0.2, -0.15) is 0 Å². The minimum absolute atomic E-state index is 0.0111. The second-order valence-corrected chi connectivity index (χ2v) is 6.15. The first kappa shape index (κ1) is 15.1. The monoisotopic (exact) mass is 275 g/mol. The van der Waals surface area contributed by atoms with Gasteiger partial charge in [0.25, 0.3) is 5.92 Å². The van der Waals surface area contributed by atoms with Crippen LogP contribution in [-0.2, 0) is 0 Å². The molecule has 0 aromatic carbocycles. The summed E-state index contributed by atoms with van der Waals surface area (Å²) < 4.78 is 28.0. The Bertz CT molecular complexity index is 288. The molecule has 1 heterocycles. The van der Waals surface area contributed by atoms with Gasteiger partial charge in [-0.1, -0.05) is 0 Å². The Morgan fingerprint density at radius 3 is 2.32 bits per heavy atom. The molecule has 1 saturated heterocycles. The molecule has 0 unspecified atom stereocenters. The third-order valence-corrected chi connectivity index (χ3v) is 4.71. The van der Waals surface area contributed by atoms with Crippen LogP contribution in [0.15, 0.2) is 0 Å². The fourth-order valence-electron chi connectivity index (χ4n) is 3.53. The van der Waals surface area contributed by atoms with E-state index >= 15 is 0 Å². The van der Waals surface area contributed by atoms with Gasteiger partial charge >= 0.3 is 0 Å². The van der Waals surface area contributed by atoms with Crippen LogP contribution in [0.4, 0.5) is 8.78 Å². The van der Waals surface area contributed by atoms with Crippen LogP contribution in [0.1, 0.15) is 33.1 Å². The summed E-state index contributed by atoms with van der Waals surface area (Å²) in [6.07, 6.45) is 1.56. The van der Waals surface area contributed by atoms with Crippen molar-refractivity contribution in [1.82, 2.24) is 15.1 Å². The molecule has 112 valence electrons. The van der Waals surface area contributed by atoms with E-state index in [0.717, 1.165) is 32.6 Å². The highest BCUT2D eigenvalue weighted by Crippen LogP contribution is 2.36. The molecule has 0 amide bonds. The van der Waals surface area contributed by atoms with Crippen molar-refractivity contribution in [2.75, 3.05) is 33.2 Å². The van der Waals surface area contributed by atoms with Gasteiger partial charge in [0, 0.05) is 44.7 Å². The van der Waals surface area contributed by atoms with Crippen LogP contribution in [0.3, 0.4) is 0 Å². The molecule has 0 bridgehead atoms.